The summed E-state index contributed by atoms with van der Waals surface area (Å²) in [6.45, 7) is 3.13. The van der Waals surface area contributed by atoms with Gasteiger partial charge in [-0.1, -0.05) is 23.7 Å². The molecule has 2 aromatic carbocycles. The zero-order chi connectivity index (χ0) is 20.2. The monoisotopic (exact) mass is 446 g/mol. The van der Waals surface area contributed by atoms with E-state index in [2.05, 4.69) is 10.3 Å². The topological polar surface area (TPSA) is 60.5 Å². The molecule has 4 rings (SSSR count). The van der Waals surface area contributed by atoms with Crippen molar-refractivity contribution in [2.45, 2.75) is 24.0 Å². The van der Waals surface area contributed by atoms with E-state index in [1.165, 1.54) is 0 Å². The highest BCUT2D eigenvalue weighted by atomic mass is 35.5. The SMILES string of the molecule is Cc1nc(CSc2ccccc2C(=O)Nc2cc3c(cc2Cl)OCCCO3)cs1. The maximum atomic E-state index is 13.0. The minimum Gasteiger partial charge on any atom is -0.490 e. The number of carbonyl (C=O) groups excluding carboxylic acids is 1. The highest BCUT2D eigenvalue weighted by Gasteiger charge is 2.18. The largest absolute Gasteiger partial charge is 0.490 e. The second kappa shape index (κ2) is 9.07. The molecule has 1 aliphatic rings. The minimum atomic E-state index is -0.223. The third-order valence-electron chi connectivity index (χ3n) is 4.26. The van der Waals surface area contributed by atoms with Gasteiger partial charge in [-0.05, 0) is 19.1 Å². The summed E-state index contributed by atoms with van der Waals surface area (Å²) in [7, 11) is 0. The molecule has 29 heavy (non-hydrogen) atoms. The average molecular weight is 447 g/mol. The lowest BCUT2D eigenvalue weighted by Gasteiger charge is -2.14. The molecule has 0 spiro atoms. The molecule has 0 aliphatic carbocycles. The maximum Gasteiger partial charge on any atom is 0.256 e. The standard InChI is InChI=1S/C21H19ClN2O3S2/c1-13-23-14(11-28-13)12-29-20-6-3-2-5-15(20)21(25)24-17-10-19-18(9-16(17)22)26-7-4-8-27-19/h2-3,5-6,9-11H,4,7-8,12H2,1H3,(H,24,25). The normalized spacial score (nSPS) is 13.0. The summed E-state index contributed by atoms with van der Waals surface area (Å²) >= 11 is 9.58. The Morgan fingerprint density at radius 3 is 2.76 bits per heavy atom. The number of amides is 1. The fourth-order valence-electron chi connectivity index (χ4n) is 2.88. The Kier molecular flexibility index (Phi) is 6.28. The summed E-state index contributed by atoms with van der Waals surface area (Å²) < 4.78 is 11.3. The highest BCUT2D eigenvalue weighted by Crippen LogP contribution is 2.38. The van der Waals surface area contributed by atoms with Crippen LogP contribution in [0.1, 0.15) is 27.5 Å². The number of fused-ring (bicyclic) bond motifs is 1. The third-order valence-corrected chi connectivity index (χ3v) is 6.50. The van der Waals surface area contributed by atoms with Crippen LogP contribution in [0.5, 0.6) is 11.5 Å². The number of aromatic nitrogens is 1. The summed E-state index contributed by atoms with van der Waals surface area (Å²) in [5, 5.41) is 6.40. The molecule has 0 radical (unpaired) electrons. The Bertz CT molecular complexity index is 1040. The second-order valence-electron chi connectivity index (χ2n) is 6.43. The van der Waals surface area contributed by atoms with Crippen molar-refractivity contribution in [2.24, 2.45) is 0 Å². The van der Waals surface area contributed by atoms with Crippen LogP contribution in [0.25, 0.3) is 0 Å². The second-order valence-corrected chi connectivity index (χ2v) is 8.91. The molecule has 150 valence electrons. The lowest BCUT2D eigenvalue weighted by atomic mass is 10.2. The molecule has 0 atom stereocenters. The van der Waals surface area contributed by atoms with Crippen molar-refractivity contribution in [3.05, 3.63) is 63.1 Å². The molecular weight excluding hydrogens is 428 g/mol. The molecule has 1 aromatic heterocycles. The maximum absolute atomic E-state index is 13.0. The van der Waals surface area contributed by atoms with Gasteiger partial charge in [0.2, 0.25) is 0 Å². The van der Waals surface area contributed by atoms with Crippen molar-refractivity contribution < 1.29 is 14.3 Å². The number of carbonyl (C=O) groups is 1. The molecular formula is C21H19ClN2O3S2. The summed E-state index contributed by atoms with van der Waals surface area (Å²) in [6, 6.07) is 10.9. The number of aryl methyl sites for hydroxylation is 1. The van der Waals surface area contributed by atoms with Gasteiger partial charge in [-0.25, -0.2) is 4.98 Å². The number of nitrogens with zero attached hydrogens (tertiary/aromatic N) is 1. The Morgan fingerprint density at radius 1 is 1.24 bits per heavy atom. The van der Waals surface area contributed by atoms with Gasteiger partial charge in [0.15, 0.2) is 11.5 Å². The van der Waals surface area contributed by atoms with Crippen LogP contribution in [-0.2, 0) is 5.75 Å². The molecule has 8 heteroatoms. The van der Waals surface area contributed by atoms with Gasteiger partial charge >= 0.3 is 0 Å². The third kappa shape index (κ3) is 4.86. The summed E-state index contributed by atoms with van der Waals surface area (Å²) in [6.07, 6.45) is 0.803. The zero-order valence-electron chi connectivity index (χ0n) is 15.7. The van der Waals surface area contributed by atoms with Crippen LogP contribution < -0.4 is 14.8 Å². The van der Waals surface area contributed by atoms with Gasteiger partial charge in [0.05, 0.1) is 40.2 Å². The molecule has 0 bridgehead atoms. The van der Waals surface area contributed by atoms with Crippen molar-refractivity contribution in [3.63, 3.8) is 0 Å². The number of halogens is 1. The number of benzene rings is 2. The fraction of sp³-hybridized carbons (Fsp3) is 0.238. The van der Waals surface area contributed by atoms with Crippen molar-refractivity contribution in [1.82, 2.24) is 4.98 Å². The van der Waals surface area contributed by atoms with Gasteiger partial charge in [0, 0.05) is 34.6 Å². The zero-order valence-corrected chi connectivity index (χ0v) is 18.1. The van der Waals surface area contributed by atoms with Crippen molar-refractivity contribution >= 4 is 46.3 Å². The number of ether oxygens (including phenoxy) is 2. The number of hydrogen-bond donors (Lipinski definition) is 1. The number of thioether (sulfide) groups is 1. The van der Waals surface area contributed by atoms with Crippen molar-refractivity contribution in [3.8, 4) is 11.5 Å². The van der Waals surface area contributed by atoms with Crippen LogP contribution >= 0.6 is 34.7 Å². The predicted octanol–water partition coefficient (Wildman–Crippen LogP) is 5.81. The Labute approximate surface area is 182 Å². The van der Waals surface area contributed by atoms with Gasteiger partial charge in [0.25, 0.3) is 5.91 Å². The smallest absolute Gasteiger partial charge is 0.256 e. The first-order valence-corrected chi connectivity index (χ1v) is 11.4. The quantitative estimate of drug-likeness (QED) is 0.501. The molecule has 0 saturated carbocycles. The highest BCUT2D eigenvalue weighted by molar-refractivity contribution is 7.98. The summed E-state index contributed by atoms with van der Waals surface area (Å²) in [5.41, 5.74) is 2.10. The number of rotatable bonds is 5. The van der Waals surface area contributed by atoms with E-state index in [0.29, 0.717) is 46.7 Å². The van der Waals surface area contributed by atoms with Gasteiger partial charge in [0.1, 0.15) is 0 Å². The van der Waals surface area contributed by atoms with E-state index in [-0.39, 0.29) is 5.91 Å². The minimum absolute atomic E-state index is 0.223. The van der Waals surface area contributed by atoms with E-state index in [9.17, 15) is 4.79 Å². The molecule has 2 heterocycles. The van der Waals surface area contributed by atoms with E-state index in [1.807, 2.05) is 30.5 Å². The van der Waals surface area contributed by atoms with Gasteiger partial charge in [-0.2, -0.15) is 0 Å². The lowest BCUT2D eigenvalue weighted by Crippen LogP contribution is -2.13. The Morgan fingerprint density at radius 2 is 2.00 bits per heavy atom. The molecule has 3 aromatic rings. The predicted molar refractivity (Wildman–Crippen MR) is 118 cm³/mol. The van der Waals surface area contributed by atoms with E-state index in [1.54, 1.807) is 41.3 Å². The first kappa shape index (κ1) is 20.1. The molecule has 0 saturated heterocycles. The number of thiazole rings is 1. The molecule has 0 unspecified atom stereocenters. The first-order valence-electron chi connectivity index (χ1n) is 9.13. The Balaban J connectivity index is 1.52. The van der Waals surface area contributed by atoms with Crippen LogP contribution in [0.2, 0.25) is 5.02 Å². The van der Waals surface area contributed by atoms with Gasteiger partial charge in [-0.3, -0.25) is 4.79 Å². The molecule has 5 nitrogen and oxygen atoms in total. The molecule has 1 N–H and O–H groups in total. The van der Waals surface area contributed by atoms with Crippen LogP contribution in [-0.4, -0.2) is 24.1 Å². The fourth-order valence-corrected chi connectivity index (χ4v) is 4.74. The molecule has 1 amide bonds. The number of hydrogen-bond acceptors (Lipinski definition) is 6. The Hall–Kier alpha value is -2.22. The van der Waals surface area contributed by atoms with Crippen LogP contribution in [0.15, 0.2) is 46.7 Å². The van der Waals surface area contributed by atoms with Crippen molar-refractivity contribution in [2.75, 3.05) is 18.5 Å². The van der Waals surface area contributed by atoms with E-state index < -0.39 is 0 Å². The van der Waals surface area contributed by atoms with Crippen LogP contribution in [0.4, 0.5) is 5.69 Å². The number of anilines is 1. The first-order chi connectivity index (χ1) is 14.1. The molecule has 0 fully saturated rings. The van der Waals surface area contributed by atoms with E-state index >= 15 is 0 Å². The lowest BCUT2D eigenvalue weighted by molar-refractivity contribution is 0.102. The summed E-state index contributed by atoms with van der Waals surface area (Å²) in [5.74, 6) is 1.67. The number of nitrogens with one attached hydrogen (secondary N) is 1. The molecule has 1 aliphatic heterocycles. The van der Waals surface area contributed by atoms with Crippen LogP contribution in [0, 0.1) is 6.92 Å². The van der Waals surface area contributed by atoms with Crippen molar-refractivity contribution in [1.29, 1.82) is 0 Å². The summed E-state index contributed by atoms with van der Waals surface area (Å²) in [4.78, 5) is 18.3. The average Bonchev–Trinajstić information content (AvgIpc) is 3.00. The van der Waals surface area contributed by atoms with E-state index in [4.69, 9.17) is 21.1 Å². The van der Waals surface area contributed by atoms with Gasteiger partial charge < -0.3 is 14.8 Å². The van der Waals surface area contributed by atoms with Gasteiger partial charge in [-0.15, -0.1) is 23.1 Å². The van der Waals surface area contributed by atoms with E-state index in [0.717, 1.165) is 22.0 Å². The van der Waals surface area contributed by atoms with Crippen LogP contribution in [0.3, 0.4) is 0 Å².